The highest BCUT2D eigenvalue weighted by atomic mass is 16.5. The summed E-state index contributed by atoms with van der Waals surface area (Å²) >= 11 is 0. The van der Waals surface area contributed by atoms with E-state index in [2.05, 4.69) is 4.98 Å². The third-order valence-corrected chi connectivity index (χ3v) is 3.90. The number of ether oxygens (including phenoxy) is 1. The molecule has 5 nitrogen and oxygen atoms in total. The predicted octanol–water partition coefficient (Wildman–Crippen LogP) is 2.81. The lowest BCUT2D eigenvalue weighted by Crippen LogP contribution is -2.29. The van der Waals surface area contributed by atoms with Crippen LogP contribution in [0.5, 0.6) is 5.75 Å². The van der Waals surface area contributed by atoms with E-state index in [0.717, 1.165) is 10.9 Å². The van der Waals surface area contributed by atoms with Crippen LogP contribution in [-0.2, 0) is 6.54 Å². The number of amides is 1. The molecule has 1 amide bonds. The maximum atomic E-state index is 12.4. The summed E-state index contributed by atoms with van der Waals surface area (Å²) in [6.07, 6.45) is 0. The van der Waals surface area contributed by atoms with Gasteiger partial charge in [0.2, 0.25) is 0 Å². The average molecular weight is 322 g/mol. The third-order valence-electron chi connectivity index (χ3n) is 3.90. The topological polar surface area (TPSA) is 62.4 Å². The SMILES string of the molecule is COc1ccc2[nH]c(=O)c(CN(C)C(=O)c3ccccc3)cc2c1. The first-order valence-corrected chi connectivity index (χ1v) is 7.59. The number of benzene rings is 2. The number of rotatable bonds is 4. The van der Waals surface area contributed by atoms with Crippen molar-refractivity contribution < 1.29 is 9.53 Å². The van der Waals surface area contributed by atoms with Gasteiger partial charge < -0.3 is 14.6 Å². The number of H-pyrrole nitrogens is 1. The Bertz CT molecular complexity index is 932. The molecule has 0 unspecified atom stereocenters. The Labute approximate surface area is 139 Å². The molecule has 0 atom stereocenters. The van der Waals surface area contributed by atoms with Gasteiger partial charge in [0.05, 0.1) is 13.7 Å². The summed E-state index contributed by atoms with van der Waals surface area (Å²) in [7, 11) is 3.28. The normalized spacial score (nSPS) is 10.6. The van der Waals surface area contributed by atoms with Crippen molar-refractivity contribution in [1.29, 1.82) is 0 Å². The molecule has 0 aliphatic heterocycles. The van der Waals surface area contributed by atoms with E-state index in [9.17, 15) is 9.59 Å². The lowest BCUT2D eigenvalue weighted by molar-refractivity contribution is 0.0784. The Balaban J connectivity index is 1.90. The van der Waals surface area contributed by atoms with Gasteiger partial charge in [0.1, 0.15) is 5.75 Å². The van der Waals surface area contributed by atoms with Crippen molar-refractivity contribution >= 4 is 16.8 Å². The molecular weight excluding hydrogens is 304 g/mol. The maximum absolute atomic E-state index is 12.4. The van der Waals surface area contributed by atoms with Crippen molar-refractivity contribution in [3.8, 4) is 5.75 Å². The fraction of sp³-hybridized carbons (Fsp3) is 0.158. The minimum absolute atomic E-state index is 0.124. The van der Waals surface area contributed by atoms with Crippen LogP contribution in [0.2, 0.25) is 0 Å². The first-order valence-electron chi connectivity index (χ1n) is 7.59. The third kappa shape index (κ3) is 3.15. The standard InChI is InChI=1S/C19H18N2O3/c1-21(19(23)13-6-4-3-5-7-13)12-15-10-14-11-16(24-2)8-9-17(14)20-18(15)22/h3-11H,12H2,1-2H3,(H,20,22). The Kier molecular flexibility index (Phi) is 4.33. The second-order valence-corrected chi connectivity index (χ2v) is 5.60. The van der Waals surface area contributed by atoms with Gasteiger partial charge in [-0.05, 0) is 36.4 Å². The number of hydrogen-bond donors (Lipinski definition) is 1. The molecule has 24 heavy (non-hydrogen) atoms. The van der Waals surface area contributed by atoms with Crippen molar-refractivity contribution in [1.82, 2.24) is 9.88 Å². The molecule has 1 aromatic heterocycles. The first kappa shape index (κ1) is 15.8. The van der Waals surface area contributed by atoms with E-state index in [4.69, 9.17) is 4.74 Å². The summed E-state index contributed by atoms with van der Waals surface area (Å²) in [6, 6.07) is 16.3. The van der Waals surface area contributed by atoms with E-state index in [1.807, 2.05) is 24.3 Å². The molecule has 3 rings (SSSR count). The minimum Gasteiger partial charge on any atom is -0.497 e. The predicted molar refractivity (Wildman–Crippen MR) is 93.4 cm³/mol. The molecule has 0 bridgehead atoms. The number of methoxy groups -OCH3 is 1. The largest absolute Gasteiger partial charge is 0.497 e. The van der Waals surface area contributed by atoms with Crippen LogP contribution in [0.1, 0.15) is 15.9 Å². The second kappa shape index (κ2) is 6.58. The van der Waals surface area contributed by atoms with Gasteiger partial charge in [-0.25, -0.2) is 0 Å². The number of carbonyl (C=O) groups excluding carboxylic acids is 1. The zero-order chi connectivity index (χ0) is 17.1. The molecule has 2 aromatic carbocycles. The Morgan fingerprint density at radius 2 is 1.88 bits per heavy atom. The summed E-state index contributed by atoms with van der Waals surface area (Å²) in [6.45, 7) is 0.232. The molecule has 3 aromatic rings. The lowest BCUT2D eigenvalue weighted by Gasteiger charge is -2.17. The minimum atomic E-state index is -0.194. The summed E-state index contributed by atoms with van der Waals surface area (Å²) in [5.41, 5.74) is 1.67. The van der Waals surface area contributed by atoms with Crippen LogP contribution in [0, 0.1) is 0 Å². The summed E-state index contributed by atoms with van der Waals surface area (Å²) < 4.78 is 5.21. The number of hydrogen-bond acceptors (Lipinski definition) is 3. The number of aromatic nitrogens is 1. The van der Waals surface area contributed by atoms with Gasteiger partial charge in [0.15, 0.2) is 0 Å². The quantitative estimate of drug-likeness (QED) is 0.803. The fourth-order valence-electron chi connectivity index (χ4n) is 2.60. The van der Waals surface area contributed by atoms with E-state index < -0.39 is 0 Å². The molecule has 0 saturated carbocycles. The first-order chi connectivity index (χ1) is 11.6. The van der Waals surface area contributed by atoms with Crippen LogP contribution in [-0.4, -0.2) is 29.9 Å². The molecular formula is C19H18N2O3. The van der Waals surface area contributed by atoms with Gasteiger partial charge in [0.25, 0.3) is 11.5 Å². The molecule has 0 spiro atoms. The van der Waals surface area contributed by atoms with E-state index in [-0.39, 0.29) is 18.0 Å². The van der Waals surface area contributed by atoms with Crippen LogP contribution in [0.15, 0.2) is 59.4 Å². The number of fused-ring (bicyclic) bond motifs is 1. The molecule has 122 valence electrons. The van der Waals surface area contributed by atoms with Crippen molar-refractivity contribution in [2.75, 3.05) is 14.2 Å². The molecule has 0 aliphatic rings. The Morgan fingerprint density at radius 1 is 1.12 bits per heavy atom. The zero-order valence-electron chi connectivity index (χ0n) is 13.6. The highest BCUT2D eigenvalue weighted by Crippen LogP contribution is 2.19. The van der Waals surface area contributed by atoms with E-state index in [1.54, 1.807) is 44.5 Å². The second-order valence-electron chi connectivity index (χ2n) is 5.60. The number of carbonyl (C=O) groups is 1. The van der Waals surface area contributed by atoms with Crippen LogP contribution in [0.4, 0.5) is 0 Å². The summed E-state index contributed by atoms with van der Waals surface area (Å²) in [5, 5.41) is 0.865. The molecule has 0 radical (unpaired) electrons. The number of aromatic amines is 1. The molecule has 0 fully saturated rings. The van der Waals surface area contributed by atoms with Gasteiger partial charge in [-0.2, -0.15) is 0 Å². The van der Waals surface area contributed by atoms with Crippen LogP contribution < -0.4 is 10.3 Å². The number of pyridine rings is 1. The maximum Gasteiger partial charge on any atom is 0.253 e. The zero-order valence-corrected chi connectivity index (χ0v) is 13.6. The molecule has 0 saturated heterocycles. The van der Waals surface area contributed by atoms with Crippen molar-refractivity contribution in [3.63, 3.8) is 0 Å². The highest BCUT2D eigenvalue weighted by molar-refractivity contribution is 5.94. The van der Waals surface area contributed by atoms with E-state index in [0.29, 0.717) is 16.9 Å². The smallest absolute Gasteiger partial charge is 0.253 e. The van der Waals surface area contributed by atoms with Crippen molar-refractivity contribution in [2.45, 2.75) is 6.54 Å². The Hall–Kier alpha value is -3.08. The van der Waals surface area contributed by atoms with Gasteiger partial charge in [-0.1, -0.05) is 18.2 Å². The monoisotopic (exact) mass is 322 g/mol. The van der Waals surface area contributed by atoms with Crippen LogP contribution >= 0.6 is 0 Å². The van der Waals surface area contributed by atoms with Gasteiger partial charge >= 0.3 is 0 Å². The Morgan fingerprint density at radius 3 is 2.58 bits per heavy atom. The van der Waals surface area contributed by atoms with E-state index in [1.165, 1.54) is 4.90 Å². The number of nitrogens with one attached hydrogen (secondary N) is 1. The molecule has 1 N–H and O–H groups in total. The highest BCUT2D eigenvalue weighted by Gasteiger charge is 2.13. The van der Waals surface area contributed by atoms with Crippen molar-refractivity contribution in [2.24, 2.45) is 0 Å². The molecule has 5 heteroatoms. The summed E-state index contributed by atoms with van der Waals surface area (Å²) in [4.78, 5) is 29.1. The van der Waals surface area contributed by atoms with Crippen molar-refractivity contribution in [3.05, 3.63) is 76.1 Å². The molecule has 0 aliphatic carbocycles. The average Bonchev–Trinajstić information content (AvgIpc) is 2.62. The summed E-state index contributed by atoms with van der Waals surface area (Å²) in [5.74, 6) is 0.593. The van der Waals surface area contributed by atoms with Crippen LogP contribution in [0.3, 0.4) is 0 Å². The lowest BCUT2D eigenvalue weighted by atomic mass is 10.1. The van der Waals surface area contributed by atoms with E-state index >= 15 is 0 Å². The number of nitrogens with zero attached hydrogens (tertiary/aromatic N) is 1. The van der Waals surface area contributed by atoms with Gasteiger partial charge in [-0.15, -0.1) is 0 Å². The van der Waals surface area contributed by atoms with Gasteiger partial charge in [0, 0.05) is 29.1 Å². The molecule has 1 heterocycles. The van der Waals surface area contributed by atoms with Crippen LogP contribution in [0.25, 0.3) is 10.9 Å². The van der Waals surface area contributed by atoms with Gasteiger partial charge in [-0.3, -0.25) is 9.59 Å². The fourth-order valence-corrected chi connectivity index (χ4v) is 2.60.